The van der Waals surface area contributed by atoms with E-state index in [1.165, 1.54) is 32.1 Å². The summed E-state index contributed by atoms with van der Waals surface area (Å²) in [5, 5.41) is 9.64. The molecular weight excluding hydrogens is 240 g/mol. The van der Waals surface area contributed by atoms with E-state index in [1.807, 2.05) is 13.8 Å². The number of hydrogen-bond donors (Lipinski definition) is 2. The van der Waals surface area contributed by atoms with Gasteiger partial charge < -0.3 is 5.32 Å². The van der Waals surface area contributed by atoms with Gasteiger partial charge in [-0.15, -0.1) is 5.10 Å². The molecular formula is C14H24N4O. The van der Waals surface area contributed by atoms with Crippen LogP contribution in [0.25, 0.3) is 0 Å². The predicted molar refractivity (Wildman–Crippen MR) is 74.0 cm³/mol. The molecule has 0 aromatic carbocycles. The van der Waals surface area contributed by atoms with E-state index in [0.29, 0.717) is 0 Å². The number of carbonyl (C=O) groups is 1. The summed E-state index contributed by atoms with van der Waals surface area (Å²) in [6.07, 6.45) is 7.78. The number of aromatic amines is 1. The molecule has 1 aromatic heterocycles. The van der Waals surface area contributed by atoms with Crippen LogP contribution >= 0.6 is 0 Å². The molecule has 1 aliphatic rings. The molecule has 0 unspecified atom stereocenters. The summed E-state index contributed by atoms with van der Waals surface area (Å²) in [6, 6.07) is 0. The summed E-state index contributed by atoms with van der Waals surface area (Å²) in [5.74, 6) is 1.99. The highest BCUT2D eigenvalue weighted by molar-refractivity contribution is 5.90. The molecule has 0 atom stereocenters. The quantitative estimate of drug-likeness (QED) is 0.776. The van der Waals surface area contributed by atoms with E-state index in [0.717, 1.165) is 24.7 Å². The van der Waals surface area contributed by atoms with Crippen molar-refractivity contribution < 1.29 is 4.79 Å². The van der Waals surface area contributed by atoms with E-state index < -0.39 is 0 Å². The Morgan fingerprint density at radius 2 is 2.16 bits per heavy atom. The van der Waals surface area contributed by atoms with Gasteiger partial charge in [-0.1, -0.05) is 39.5 Å². The summed E-state index contributed by atoms with van der Waals surface area (Å²) in [4.78, 5) is 16.0. The number of hydrogen-bond acceptors (Lipinski definition) is 3. The van der Waals surface area contributed by atoms with Gasteiger partial charge in [-0.2, -0.15) is 0 Å². The highest BCUT2D eigenvalue weighted by Crippen LogP contribution is 2.28. The Bertz CT molecular complexity index is 407. The van der Waals surface area contributed by atoms with E-state index in [4.69, 9.17) is 0 Å². The minimum absolute atomic E-state index is 0.172. The van der Waals surface area contributed by atoms with Crippen LogP contribution in [0.1, 0.15) is 74.7 Å². The highest BCUT2D eigenvalue weighted by atomic mass is 16.2. The van der Waals surface area contributed by atoms with Crippen molar-refractivity contribution in [2.75, 3.05) is 6.54 Å². The Hall–Kier alpha value is -1.39. The van der Waals surface area contributed by atoms with Crippen LogP contribution in [-0.4, -0.2) is 27.6 Å². The Morgan fingerprint density at radius 1 is 1.42 bits per heavy atom. The van der Waals surface area contributed by atoms with Gasteiger partial charge in [0.15, 0.2) is 0 Å². The maximum atomic E-state index is 11.8. The maximum absolute atomic E-state index is 11.8. The molecule has 5 nitrogen and oxygen atoms in total. The Labute approximate surface area is 114 Å². The third kappa shape index (κ3) is 4.04. The second-order valence-electron chi connectivity index (χ2n) is 5.75. The van der Waals surface area contributed by atoms with Gasteiger partial charge in [-0.05, 0) is 18.8 Å². The van der Waals surface area contributed by atoms with Gasteiger partial charge in [0.25, 0.3) is 5.91 Å². The molecule has 0 spiro atoms. The Morgan fingerprint density at radius 3 is 2.79 bits per heavy atom. The van der Waals surface area contributed by atoms with Crippen molar-refractivity contribution >= 4 is 5.91 Å². The minimum atomic E-state index is -0.172. The van der Waals surface area contributed by atoms with Crippen molar-refractivity contribution in [2.24, 2.45) is 5.92 Å². The van der Waals surface area contributed by atoms with Crippen LogP contribution in [0.5, 0.6) is 0 Å². The monoisotopic (exact) mass is 264 g/mol. The minimum Gasteiger partial charge on any atom is -0.349 e. The summed E-state index contributed by atoms with van der Waals surface area (Å²) in [6.45, 7) is 4.76. The normalized spacial score (nSPS) is 16.2. The summed E-state index contributed by atoms with van der Waals surface area (Å²) in [5.41, 5.74) is 0. The van der Waals surface area contributed by atoms with Crippen LogP contribution in [0.3, 0.4) is 0 Å². The average molecular weight is 264 g/mol. The molecule has 5 heteroatoms. The smallest absolute Gasteiger partial charge is 0.290 e. The number of amides is 1. The first-order chi connectivity index (χ1) is 9.16. The van der Waals surface area contributed by atoms with E-state index in [-0.39, 0.29) is 17.6 Å². The van der Waals surface area contributed by atoms with Crippen molar-refractivity contribution in [1.82, 2.24) is 20.5 Å². The third-order valence-corrected chi connectivity index (χ3v) is 3.80. The van der Waals surface area contributed by atoms with Crippen LogP contribution in [-0.2, 0) is 0 Å². The molecule has 1 heterocycles. The molecule has 1 aliphatic carbocycles. The molecule has 19 heavy (non-hydrogen) atoms. The van der Waals surface area contributed by atoms with Gasteiger partial charge >= 0.3 is 0 Å². The number of rotatable bonds is 6. The van der Waals surface area contributed by atoms with E-state index in [1.54, 1.807) is 0 Å². The molecule has 2 rings (SSSR count). The van der Waals surface area contributed by atoms with Crippen LogP contribution in [0.2, 0.25) is 0 Å². The van der Waals surface area contributed by atoms with Crippen molar-refractivity contribution in [3.8, 4) is 0 Å². The maximum Gasteiger partial charge on any atom is 0.290 e. The van der Waals surface area contributed by atoms with Gasteiger partial charge in [0.2, 0.25) is 5.82 Å². The zero-order chi connectivity index (χ0) is 13.7. The fourth-order valence-electron chi connectivity index (χ4n) is 2.60. The van der Waals surface area contributed by atoms with Gasteiger partial charge in [0.1, 0.15) is 5.82 Å². The van der Waals surface area contributed by atoms with Gasteiger partial charge in [0.05, 0.1) is 0 Å². The van der Waals surface area contributed by atoms with Crippen LogP contribution in [0.4, 0.5) is 0 Å². The Kier molecular flexibility index (Phi) is 4.93. The molecule has 0 saturated heterocycles. The lowest BCUT2D eigenvalue weighted by atomic mass is 10.0. The molecule has 1 fully saturated rings. The molecule has 0 radical (unpaired) electrons. The second-order valence-corrected chi connectivity index (χ2v) is 5.75. The van der Waals surface area contributed by atoms with Crippen molar-refractivity contribution in [1.29, 1.82) is 0 Å². The molecule has 106 valence electrons. The summed E-state index contributed by atoms with van der Waals surface area (Å²) in [7, 11) is 0. The SMILES string of the molecule is CC(C)c1nc(C(=O)NCCCC2CCCC2)n[nH]1. The van der Waals surface area contributed by atoms with E-state index in [9.17, 15) is 4.79 Å². The zero-order valence-corrected chi connectivity index (χ0v) is 11.9. The molecule has 1 aromatic rings. The zero-order valence-electron chi connectivity index (χ0n) is 11.9. The topological polar surface area (TPSA) is 70.7 Å². The molecule has 1 saturated carbocycles. The number of carbonyl (C=O) groups excluding carboxylic acids is 1. The van der Waals surface area contributed by atoms with Gasteiger partial charge in [-0.3, -0.25) is 9.89 Å². The largest absolute Gasteiger partial charge is 0.349 e. The average Bonchev–Trinajstić information content (AvgIpc) is 3.05. The molecule has 0 aliphatic heterocycles. The fraction of sp³-hybridized carbons (Fsp3) is 0.786. The van der Waals surface area contributed by atoms with Crippen LogP contribution < -0.4 is 5.32 Å². The molecule has 2 N–H and O–H groups in total. The number of nitrogens with one attached hydrogen (secondary N) is 2. The summed E-state index contributed by atoms with van der Waals surface area (Å²) >= 11 is 0. The predicted octanol–water partition coefficient (Wildman–Crippen LogP) is 2.63. The first-order valence-corrected chi connectivity index (χ1v) is 7.37. The molecule has 1 amide bonds. The standard InChI is InChI=1S/C14H24N4O/c1-10(2)12-16-13(18-17-12)14(19)15-9-5-8-11-6-3-4-7-11/h10-11H,3-9H2,1-2H3,(H,15,19)(H,16,17,18). The van der Waals surface area contributed by atoms with Crippen molar-refractivity contribution in [2.45, 2.75) is 58.3 Å². The first kappa shape index (κ1) is 14.0. The van der Waals surface area contributed by atoms with Crippen molar-refractivity contribution in [3.05, 3.63) is 11.6 Å². The Balaban J connectivity index is 1.68. The fourth-order valence-corrected chi connectivity index (χ4v) is 2.60. The van der Waals surface area contributed by atoms with Crippen molar-refractivity contribution in [3.63, 3.8) is 0 Å². The van der Waals surface area contributed by atoms with Gasteiger partial charge in [0, 0.05) is 12.5 Å². The summed E-state index contributed by atoms with van der Waals surface area (Å²) < 4.78 is 0. The second kappa shape index (κ2) is 6.68. The third-order valence-electron chi connectivity index (χ3n) is 3.80. The van der Waals surface area contributed by atoms with Crippen LogP contribution in [0.15, 0.2) is 0 Å². The lowest BCUT2D eigenvalue weighted by Gasteiger charge is -2.08. The van der Waals surface area contributed by atoms with Crippen LogP contribution in [0, 0.1) is 5.92 Å². The van der Waals surface area contributed by atoms with Gasteiger partial charge in [-0.25, -0.2) is 4.98 Å². The van der Waals surface area contributed by atoms with E-state index in [2.05, 4.69) is 20.5 Å². The highest BCUT2D eigenvalue weighted by Gasteiger charge is 2.16. The number of H-pyrrole nitrogens is 1. The lowest BCUT2D eigenvalue weighted by molar-refractivity contribution is 0.0942. The number of nitrogens with zero attached hydrogens (tertiary/aromatic N) is 2. The van der Waals surface area contributed by atoms with E-state index >= 15 is 0 Å². The number of aromatic nitrogens is 3. The first-order valence-electron chi connectivity index (χ1n) is 7.37. The lowest BCUT2D eigenvalue weighted by Crippen LogP contribution is -2.25. The molecule has 0 bridgehead atoms.